The van der Waals surface area contributed by atoms with E-state index in [0.717, 1.165) is 30.8 Å². The number of amidine groups is 1. The molecule has 2 fully saturated rings. The van der Waals surface area contributed by atoms with Crippen molar-refractivity contribution in [2.45, 2.75) is 46.1 Å². The van der Waals surface area contributed by atoms with Gasteiger partial charge >= 0.3 is 0 Å². The first-order valence-electron chi connectivity index (χ1n) is 7.07. The number of rotatable bonds is 2. The molecule has 18 heavy (non-hydrogen) atoms. The molecule has 1 unspecified atom stereocenters. The second-order valence-corrected chi connectivity index (χ2v) is 7.49. The summed E-state index contributed by atoms with van der Waals surface area (Å²) in [4.78, 5) is 4.78. The van der Waals surface area contributed by atoms with Gasteiger partial charge in [-0.1, -0.05) is 32.5 Å². The predicted octanol–water partition coefficient (Wildman–Crippen LogP) is 2.91. The Bertz CT molecular complexity index is 293. The minimum atomic E-state index is 0.320. The Morgan fingerprint density at radius 2 is 2.00 bits per heavy atom. The average Bonchev–Trinajstić information content (AvgIpc) is 2.37. The Morgan fingerprint density at radius 1 is 1.28 bits per heavy atom. The maximum absolute atomic E-state index is 5.38. The standard InChI is InChI=1S/C14H26N2OS/c1-14(2,3)12-6-9-18-13(16-12)15-10-11-4-7-17-8-5-11/h11-12H,4-10H2,1-3H3,(H,15,16). The van der Waals surface area contributed by atoms with Crippen molar-refractivity contribution in [2.24, 2.45) is 16.3 Å². The quantitative estimate of drug-likeness (QED) is 0.837. The first-order valence-corrected chi connectivity index (χ1v) is 8.06. The van der Waals surface area contributed by atoms with E-state index in [1.165, 1.54) is 25.0 Å². The van der Waals surface area contributed by atoms with Gasteiger partial charge in [0, 0.05) is 31.6 Å². The number of nitrogens with one attached hydrogen (secondary N) is 1. The van der Waals surface area contributed by atoms with Crippen LogP contribution in [0.15, 0.2) is 4.99 Å². The van der Waals surface area contributed by atoms with E-state index in [4.69, 9.17) is 9.73 Å². The van der Waals surface area contributed by atoms with Crippen LogP contribution in [0.3, 0.4) is 0 Å². The summed E-state index contributed by atoms with van der Waals surface area (Å²) in [7, 11) is 0. The van der Waals surface area contributed by atoms with Crippen molar-refractivity contribution in [2.75, 3.05) is 25.5 Å². The van der Waals surface area contributed by atoms with E-state index in [9.17, 15) is 0 Å². The van der Waals surface area contributed by atoms with Crippen molar-refractivity contribution in [3.63, 3.8) is 0 Å². The Morgan fingerprint density at radius 3 is 2.67 bits per heavy atom. The zero-order valence-corrected chi connectivity index (χ0v) is 12.7. The predicted molar refractivity (Wildman–Crippen MR) is 79.3 cm³/mol. The fourth-order valence-corrected chi connectivity index (χ4v) is 3.36. The largest absolute Gasteiger partial charge is 0.381 e. The van der Waals surface area contributed by atoms with Gasteiger partial charge in [-0.2, -0.15) is 0 Å². The smallest absolute Gasteiger partial charge is 0.156 e. The number of hydrogen-bond acceptors (Lipinski definition) is 3. The van der Waals surface area contributed by atoms with E-state index in [2.05, 4.69) is 26.1 Å². The van der Waals surface area contributed by atoms with Crippen molar-refractivity contribution in [3.05, 3.63) is 0 Å². The van der Waals surface area contributed by atoms with Gasteiger partial charge in [-0.05, 0) is 30.6 Å². The first-order chi connectivity index (χ1) is 8.55. The van der Waals surface area contributed by atoms with Gasteiger partial charge in [-0.25, -0.2) is 0 Å². The van der Waals surface area contributed by atoms with E-state index in [0.29, 0.717) is 11.5 Å². The van der Waals surface area contributed by atoms with E-state index < -0.39 is 0 Å². The molecule has 2 aliphatic rings. The molecule has 0 spiro atoms. The summed E-state index contributed by atoms with van der Waals surface area (Å²) in [5.74, 6) is 1.92. The Balaban J connectivity index is 1.84. The molecule has 1 N–H and O–H groups in total. The second-order valence-electron chi connectivity index (χ2n) is 6.40. The molecule has 0 amide bonds. The second kappa shape index (κ2) is 6.29. The number of nitrogens with zero attached hydrogens (tertiary/aromatic N) is 1. The fraction of sp³-hybridized carbons (Fsp3) is 0.929. The normalized spacial score (nSPS) is 29.3. The summed E-state index contributed by atoms with van der Waals surface area (Å²) in [5.41, 5.74) is 0.320. The molecule has 0 bridgehead atoms. The number of hydrogen-bond donors (Lipinski definition) is 1. The van der Waals surface area contributed by atoms with E-state index in [1.807, 2.05) is 11.8 Å². The Kier molecular flexibility index (Phi) is 4.96. The summed E-state index contributed by atoms with van der Waals surface area (Å²) in [6.07, 6.45) is 3.58. The average molecular weight is 270 g/mol. The molecular formula is C14H26N2OS. The van der Waals surface area contributed by atoms with Gasteiger partial charge in [0.15, 0.2) is 5.17 Å². The van der Waals surface area contributed by atoms with Crippen LogP contribution < -0.4 is 5.32 Å². The minimum Gasteiger partial charge on any atom is -0.381 e. The van der Waals surface area contributed by atoms with Crippen LogP contribution >= 0.6 is 11.8 Å². The topological polar surface area (TPSA) is 33.6 Å². The molecule has 0 aliphatic carbocycles. The molecule has 2 heterocycles. The molecule has 0 saturated carbocycles. The third-order valence-corrected chi connectivity index (χ3v) is 4.78. The molecule has 0 aromatic heterocycles. The summed E-state index contributed by atoms with van der Waals surface area (Å²) in [6.45, 7) is 9.71. The highest BCUT2D eigenvalue weighted by Crippen LogP contribution is 2.27. The minimum absolute atomic E-state index is 0.320. The SMILES string of the molecule is CC(C)(C)C1CCSC(=NCC2CCOCC2)N1. The first kappa shape index (κ1) is 14.2. The Hall–Kier alpha value is -0.220. The van der Waals surface area contributed by atoms with Crippen LogP contribution in [0, 0.1) is 11.3 Å². The third-order valence-electron chi connectivity index (χ3n) is 3.82. The maximum Gasteiger partial charge on any atom is 0.156 e. The van der Waals surface area contributed by atoms with E-state index in [-0.39, 0.29) is 0 Å². The molecule has 4 heteroatoms. The number of aliphatic imine (C=N–C) groups is 1. The van der Waals surface area contributed by atoms with Crippen molar-refractivity contribution in [1.82, 2.24) is 5.32 Å². The van der Waals surface area contributed by atoms with Crippen molar-refractivity contribution in [3.8, 4) is 0 Å². The summed E-state index contributed by atoms with van der Waals surface area (Å²) >= 11 is 1.88. The lowest BCUT2D eigenvalue weighted by Gasteiger charge is -2.35. The van der Waals surface area contributed by atoms with Crippen molar-refractivity contribution < 1.29 is 4.74 Å². The number of ether oxygens (including phenoxy) is 1. The molecule has 2 saturated heterocycles. The molecule has 0 radical (unpaired) electrons. The van der Waals surface area contributed by atoms with Crippen molar-refractivity contribution in [1.29, 1.82) is 0 Å². The highest BCUT2D eigenvalue weighted by molar-refractivity contribution is 8.13. The Labute approximate surface area is 115 Å². The van der Waals surface area contributed by atoms with Crippen LogP contribution in [0.4, 0.5) is 0 Å². The number of thioether (sulfide) groups is 1. The molecule has 0 aromatic rings. The fourth-order valence-electron chi connectivity index (χ4n) is 2.42. The van der Waals surface area contributed by atoms with Gasteiger partial charge in [0.05, 0.1) is 0 Å². The molecule has 2 rings (SSSR count). The maximum atomic E-state index is 5.38. The zero-order valence-electron chi connectivity index (χ0n) is 11.9. The van der Waals surface area contributed by atoms with E-state index in [1.54, 1.807) is 0 Å². The van der Waals surface area contributed by atoms with Gasteiger partial charge in [0.1, 0.15) is 0 Å². The monoisotopic (exact) mass is 270 g/mol. The highest BCUT2D eigenvalue weighted by Gasteiger charge is 2.28. The van der Waals surface area contributed by atoms with Crippen LogP contribution in [0.2, 0.25) is 0 Å². The lowest BCUT2D eigenvalue weighted by Crippen LogP contribution is -2.46. The third kappa shape index (κ3) is 4.16. The molecule has 1 atom stereocenters. The van der Waals surface area contributed by atoms with Crippen LogP contribution in [-0.2, 0) is 4.74 Å². The van der Waals surface area contributed by atoms with Gasteiger partial charge < -0.3 is 10.1 Å². The van der Waals surface area contributed by atoms with Crippen LogP contribution in [0.5, 0.6) is 0 Å². The summed E-state index contributed by atoms with van der Waals surface area (Å²) in [6, 6.07) is 0.562. The summed E-state index contributed by atoms with van der Waals surface area (Å²) in [5, 5.41) is 4.77. The molecule has 0 aromatic carbocycles. The van der Waals surface area contributed by atoms with E-state index >= 15 is 0 Å². The van der Waals surface area contributed by atoms with Crippen LogP contribution in [-0.4, -0.2) is 36.7 Å². The summed E-state index contributed by atoms with van der Waals surface area (Å²) < 4.78 is 5.38. The molecular weight excluding hydrogens is 244 g/mol. The van der Waals surface area contributed by atoms with Gasteiger partial charge in [0.2, 0.25) is 0 Å². The van der Waals surface area contributed by atoms with Gasteiger partial charge in [0.25, 0.3) is 0 Å². The lowest BCUT2D eigenvalue weighted by atomic mass is 9.85. The highest BCUT2D eigenvalue weighted by atomic mass is 32.2. The van der Waals surface area contributed by atoms with Crippen LogP contribution in [0.1, 0.15) is 40.0 Å². The van der Waals surface area contributed by atoms with Gasteiger partial charge in [-0.3, -0.25) is 4.99 Å². The zero-order chi connectivity index (χ0) is 13.0. The molecule has 104 valence electrons. The molecule has 2 aliphatic heterocycles. The van der Waals surface area contributed by atoms with Gasteiger partial charge in [-0.15, -0.1) is 0 Å². The molecule has 3 nitrogen and oxygen atoms in total. The van der Waals surface area contributed by atoms with Crippen LogP contribution in [0.25, 0.3) is 0 Å². The van der Waals surface area contributed by atoms with Crippen molar-refractivity contribution >= 4 is 16.9 Å². The lowest BCUT2D eigenvalue weighted by molar-refractivity contribution is 0.0689.